The summed E-state index contributed by atoms with van der Waals surface area (Å²) >= 11 is 0. The summed E-state index contributed by atoms with van der Waals surface area (Å²) in [6, 6.07) is 2.80. The van der Waals surface area contributed by atoms with Gasteiger partial charge in [0.15, 0.2) is 0 Å². The molecule has 0 amide bonds. The molecule has 80 valence electrons. The Labute approximate surface area is 86.3 Å². The van der Waals surface area contributed by atoms with Crippen LogP contribution in [0.1, 0.15) is 45.3 Å². The third-order valence-corrected chi connectivity index (χ3v) is 2.51. The number of nitrogens with two attached hydrogens (primary N) is 1. The molecule has 1 atom stereocenters. The SMILES string of the molecule is CCC(CC)n1ccc(CC(C)N)n1. The highest BCUT2D eigenvalue weighted by Crippen LogP contribution is 2.14. The topological polar surface area (TPSA) is 43.8 Å². The molecule has 1 rings (SSSR count). The van der Waals surface area contributed by atoms with E-state index in [9.17, 15) is 0 Å². The van der Waals surface area contributed by atoms with E-state index in [1.54, 1.807) is 0 Å². The molecular formula is C11H21N3. The molecule has 1 unspecified atom stereocenters. The van der Waals surface area contributed by atoms with Gasteiger partial charge in [0, 0.05) is 18.7 Å². The van der Waals surface area contributed by atoms with Crippen LogP contribution in [0.5, 0.6) is 0 Å². The molecule has 3 heteroatoms. The smallest absolute Gasteiger partial charge is 0.0640 e. The fourth-order valence-electron chi connectivity index (χ4n) is 1.68. The molecule has 0 fully saturated rings. The van der Waals surface area contributed by atoms with Crippen LogP contribution in [0.4, 0.5) is 0 Å². The molecule has 0 aliphatic heterocycles. The van der Waals surface area contributed by atoms with Crippen molar-refractivity contribution in [2.75, 3.05) is 0 Å². The Balaban J connectivity index is 2.66. The molecule has 14 heavy (non-hydrogen) atoms. The summed E-state index contributed by atoms with van der Waals surface area (Å²) < 4.78 is 2.07. The summed E-state index contributed by atoms with van der Waals surface area (Å²) in [6.45, 7) is 6.40. The largest absolute Gasteiger partial charge is 0.328 e. The van der Waals surface area contributed by atoms with E-state index in [0.29, 0.717) is 6.04 Å². The number of hydrogen-bond acceptors (Lipinski definition) is 2. The molecule has 1 aromatic heterocycles. The van der Waals surface area contributed by atoms with Gasteiger partial charge in [0.25, 0.3) is 0 Å². The molecule has 0 radical (unpaired) electrons. The van der Waals surface area contributed by atoms with Gasteiger partial charge in [-0.25, -0.2) is 0 Å². The third kappa shape index (κ3) is 2.84. The predicted molar refractivity (Wildman–Crippen MR) is 59.2 cm³/mol. The van der Waals surface area contributed by atoms with Crippen LogP contribution in [0.15, 0.2) is 12.3 Å². The maximum Gasteiger partial charge on any atom is 0.0640 e. The van der Waals surface area contributed by atoms with Crippen LogP contribution in [-0.4, -0.2) is 15.8 Å². The van der Waals surface area contributed by atoms with Gasteiger partial charge in [-0.1, -0.05) is 13.8 Å². The summed E-state index contributed by atoms with van der Waals surface area (Å²) in [7, 11) is 0. The maximum atomic E-state index is 5.73. The van der Waals surface area contributed by atoms with Crippen LogP contribution in [0.2, 0.25) is 0 Å². The lowest BCUT2D eigenvalue weighted by molar-refractivity contribution is 0.424. The minimum absolute atomic E-state index is 0.194. The van der Waals surface area contributed by atoms with Crippen LogP contribution in [-0.2, 0) is 6.42 Å². The zero-order valence-electron chi connectivity index (χ0n) is 9.40. The zero-order valence-corrected chi connectivity index (χ0v) is 9.40. The average molecular weight is 195 g/mol. The molecule has 0 aliphatic rings. The standard InChI is InChI=1S/C11H21N3/c1-4-11(5-2)14-7-6-10(13-14)8-9(3)12/h6-7,9,11H,4-5,8,12H2,1-3H3. The Bertz CT molecular complexity index is 261. The number of aromatic nitrogens is 2. The van der Waals surface area contributed by atoms with Gasteiger partial charge in [0.2, 0.25) is 0 Å². The summed E-state index contributed by atoms with van der Waals surface area (Å²) in [5, 5.41) is 4.53. The summed E-state index contributed by atoms with van der Waals surface area (Å²) in [6.07, 6.45) is 5.20. The Morgan fingerprint density at radius 1 is 1.43 bits per heavy atom. The van der Waals surface area contributed by atoms with Gasteiger partial charge in [-0.15, -0.1) is 0 Å². The normalized spacial score (nSPS) is 13.5. The van der Waals surface area contributed by atoms with Crippen molar-refractivity contribution in [3.8, 4) is 0 Å². The predicted octanol–water partition coefficient (Wildman–Crippen LogP) is 2.13. The molecule has 1 aromatic rings. The van der Waals surface area contributed by atoms with E-state index in [-0.39, 0.29) is 6.04 Å². The van der Waals surface area contributed by atoms with Crippen molar-refractivity contribution in [2.45, 2.75) is 52.1 Å². The second-order valence-corrected chi connectivity index (χ2v) is 3.94. The van der Waals surface area contributed by atoms with Crippen LogP contribution in [0.25, 0.3) is 0 Å². The summed E-state index contributed by atoms with van der Waals surface area (Å²) in [5.41, 5.74) is 6.83. The van der Waals surface area contributed by atoms with E-state index in [1.165, 1.54) is 0 Å². The van der Waals surface area contributed by atoms with Gasteiger partial charge in [-0.3, -0.25) is 4.68 Å². The second-order valence-electron chi connectivity index (χ2n) is 3.94. The van der Waals surface area contributed by atoms with Crippen molar-refractivity contribution in [3.63, 3.8) is 0 Å². The van der Waals surface area contributed by atoms with Gasteiger partial charge >= 0.3 is 0 Å². The highest BCUT2D eigenvalue weighted by Gasteiger charge is 2.08. The molecule has 0 saturated heterocycles. The minimum Gasteiger partial charge on any atom is -0.328 e. The second kappa shape index (κ2) is 5.15. The number of nitrogens with zero attached hydrogens (tertiary/aromatic N) is 2. The van der Waals surface area contributed by atoms with E-state index < -0.39 is 0 Å². The van der Waals surface area contributed by atoms with Gasteiger partial charge in [-0.2, -0.15) is 5.10 Å². The van der Waals surface area contributed by atoms with Crippen LogP contribution < -0.4 is 5.73 Å². The van der Waals surface area contributed by atoms with Gasteiger partial charge in [-0.05, 0) is 25.8 Å². The van der Waals surface area contributed by atoms with Gasteiger partial charge < -0.3 is 5.73 Å². The van der Waals surface area contributed by atoms with E-state index in [4.69, 9.17) is 5.73 Å². The first kappa shape index (κ1) is 11.2. The monoisotopic (exact) mass is 195 g/mol. The maximum absolute atomic E-state index is 5.73. The Kier molecular flexibility index (Phi) is 4.14. The first-order valence-corrected chi connectivity index (χ1v) is 5.47. The van der Waals surface area contributed by atoms with Crippen molar-refractivity contribution in [2.24, 2.45) is 5.73 Å². The van der Waals surface area contributed by atoms with Crippen molar-refractivity contribution < 1.29 is 0 Å². The molecule has 1 heterocycles. The van der Waals surface area contributed by atoms with Crippen LogP contribution in [0, 0.1) is 0 Å². The molecule has 0 saturated carbocycles. The Morgan fingerprint density at radius 3 is 2.57 bits per heavy atom. The molecule has 2 N–H and O–H groups in total. The molecule has 0 aromatic carbocycles. The Hall–Kier alpha value is -0.830. The van der Waals surface area contributed by atoms with Crippen LogP contribution >= 0.6 is 0 Å². The molecule has 0 aliphatic carbocycles. The Morgan fingerprint density at radius 2 is 2.07 bits per heavy atom. The van der Waals surface area contributed by atoms with Crippen LogP contribution in [0.3, 0.4) is 0 Å². The highest BCUT2D eigenvalue weighted by atomic mass is 15.3. The first-order valence-electron chi connectivity index (χ1n) is 5.47. The van der Waals surface area contributed by atoms with E-state index in [1.807, 2.05) is 6.92 Å². The number of rotatable bonds is 5. The van der Waals surface area contributed by atoms with Crippen molar-refractivity contribution in [3.05, 3.63) is 18.0 Å². The van der Waals surface area contributed by atoms with Gasteiger partial charge in [0.05, 0.1) is 11.7 Å². The van der Waals surface area contributed by atoms with E-state index >= 15 is 0 Å². The van der Waals surface area contributed by atoms with Crippen molar-refractivity contribution in [1.29, 1.82) is 0 Å². The lowest BCUT2D eigenvalue weighted by atomic mass is 10.2. The van der Waals surface area contributed by atoms with Gasteiger partial charge in [0.1, 0.15) is 0 Å². The molecular weight excluding hydrogens is 174 g/mol. The molecule has 0 spiro atoms. The highest BCUT2D eigenvalue weighted by molar-refractivity contribution is 5.01. The lowest BCUT2D eigenvalue weighted by Crippen LogP contribution is -2.18. The molecule has 0 bridgehead atoms. The first-order chi connectivity index (χ1) is 6.67. The minimum atomic E-state index is 0.194. The molecule has 3 nitrogen and oxygen atoms in total. The average Bonchev–Trinajstić information content (AvgIpc) is 2.54. The van der Waals surface area contributed by atoms with Crippen molar-refractivity contribution in [1.82, 2.24) is 9.78 Å². The number of hydrogen-bond donors (Lipinski definition) is 1. The van der Waals surface area contributed by atoms with Crippen molar-refractivity contribution >= 4 is 0 Å². The third-order valence-electron chi connectivity index (χ3n) is 2.51. The van der Waals surface area contributed by atoms with E-state index in [2.05, 4.69) is 35.9 Å². The fraction of sp³-hybridized carbons (Fsp3) is 0.727. The summed E-state index contributed by atoms with van der Waals surface area (Å²) in [5.74, 6) is 0. The quantitative estimate of drug-likeness (QED) is 0.782. The lowest BCUT2D eigenvalue weighted by Gasteiger charge is -2.12. The van der Waals surface area contributed by atoms with E-state index in [0.717, 1.165) is 25.0 Å². The zero-order chi connectivity index (χ0) is 10.6. The fourth-order valence-corrected chi connectivity index (χ4v) is 1.68. The summed E-state index contributed by atoms with van der Waals surface area (Å²) in [4.78, 5) is 0.